The van der Waals surface area contributed by atoms with Crippen LogP contribution in [0.15, 0.2) is 18.2 Å². The van der Waals surface area contributed by atoms with Crippen molar-refractivity contribution in [3.8, 4) is 0 Å². The van der Waals surface area contributed by atoms with E-state index in [4.69, 9.17) is 5.73 Å². The van der Waals surface area contributed by atoms with Crippen molar-refractivity contribution in [2.24, 2.45) is 5.92 Å². The molecule has 90 valence electrons. The molecule has 4 heteroatoms. The Morgan fingerprint density at radius 2 is 2.24 bits per heavy atom. The van der Waals surface area contributed by atoms with Crippen molar-refractivity contribution < 1.29 is 9.18 Å². The number of amides is 1. The number of likely N-dealkylation sites (tertiary alicyclic amines) is 1. The third-order valence-corrected chi connectivity index (χ3v) is 3.92. The largest absolute Gasteiger partial charge is 0.396 e. The Kier molecular flexibility index (Phi) is 2.31. The van der Waals surface area contributed by atoms with Crippen molar-refractivity contribution >= 4 is 11.6 Å². The number of nitrogens with zero attached hydrogens (tertiary/aromatic N) is 1. The third kappa shape index (κ3) is 1.68. The van der Waals surface area contributed by atoms with Gasteiger partial charge in [-0.3, -0.25) is 4.79 Å². The van der Waals surface area contributed by atoms with Gasteiger partial charge in [-0.15, -0.1) is 0 Å². The Balaban J connectivity index is 1.84. The summed E-state index contributed by atoms with van der Waals surface area (Å²) in [6.07, 6.45) is 3.43. The number of nitrogen functional groups attached to an aromatic ring is 1. The number of piperidine rings is 1. The lowest BCUT2D eigenvalue weighted by atomic mass is 10.1. The molecule has 0 aromatic heterocycles. The van der Waals surface area contributed by atoms with Gasteiger partial charge in [0.1, 0.15) is 5.82 Å². The van der Waals surface area contributed by atoms with E-state index in [0.717, 1.165) is 19.4 Å². The molecule has 1 amide bonds. The van der Waals surface area contributed by atoms with E-state index >= 15 is 0 Å². The molecule has 1 heterocycles. The quantitative estimate of drug-likeness (QED) is 0.756. The van der Waals surface area contributed by atoms with Gasteiger partial charge in [0.15, 0.2) is 0 Å². The molecule has 2 aliphatic rings. The zero-order valence-corrected chi connectivity index (χ0v) is 9.53. The van der Waals surface area contributed by atoms with E-state index in [1.807, 2.05) is 4.90 Å². The summed E-state index contributed by atoms with van der Waals surface area (Å²) >= 11 is 0. The minimum Gasteiger partial charge on any atom is -0.396 e. The summed E-state index contributed by atoms with van der Waals surface area (Å²) in [6.45, 7) is 0.829. The number of fused-ring (bicyclic) bond motifs is 2. The standard InChI is InChI=1S/C13H15FN2O/c14-11-6-9(2-4-12(11)15)13(17)16-7-8-1-3-10(16)5-8/h2,4,6,8,10H,1,3,5,7,15H2. The van der Waals surface area contributed by atoms with E-state index in [0.29, 0.717) is 17.5 Å². The van der Waals surface area contributed by atoms with Gasteiger partial charge in [0.05, 0.1) is 5.69 Å². The zero-order chi connectivity index (χ0) is 12.0. The average molecular weight is 234 g/mol. The van der Waals surface area contributed by atoms with Gasteiger partial charge in [-0.25, -0.2) is 4.39 Å². The lowest BCUT2D eigenvalue weighted by molar-refractivity contribution is 0.0703. The van der Waals surface area contributed by atoms with Crippen LogP contribution in [0.2, 0.25) is 0 Å². The van der Waals surface area contributed by atoms with Crippen LogP contribution in [0, 0.1) is 11.7 Å². The Morgan fingerprint density at radius 3 is 2.82 bits per heavy atom. The highest BCUT2D eigenvalue weighted by atomic mass is 19.1. The maximum absolute atomic E-state index is 13.3. The number of halogens is 1. The summed E-state index contributed by atoms with van der Waals surface area (Å²) < 4.78 is 13.3. The molecule has 3 rings (SSSR count). The molecule has 1 aromatic rings. The van der Waals surface area contributed by atoms with Crippen molar-refractivity contribution in [1.29, 1.82) is 0 Å². The van der Waals surface area contributed by atoms with E-state index in [1.54, 1.807) is 6.07 Å². The number of carbonyl (C=O) groups excluding carboxylic acids is 1. The molecule has 2 fully saturated rings. The molecule has 1 saturated heterocycles. The molecular formula is C13H15FN2O. The fraction of sp³-hybridized carbons (Fsp3) is 0.462. The normalized spacial score (nSPS) is 26.5. The maximum Gasteiger partial charge on any atom is 0.254 e. The van der Waals surface area contributed by atoms with Gasteiger partial charge in [0, 0.05) is 18.2 Å². The number of carbonyl (C=O) groups is 1. The Hall–Kier alpha value is -1.58. The van der Waals surface area contributed by atoms with E-state index in [-0.39, 0.29) is 11.6 Å². The summed E-state index contributed by atoms with van der Waals surface area (Å²) in [5.74, 6) is 0.0823. The molecule has 2 N–H and O–H groups in total. The maximum atomic E-state index is 13.3. The highest BCUT2D eigenvalue weighted by Crippen LogP contribution is 2.38. The molecule has 1 aromatic carbocycles. The first-order valence-electron chi connectivity index (χ1n) is 6.01. The summed E-state index contributed by atoms with van der Waals surface area (Å²) in [5.41, 5.74) is 5.90. The molecule has 1 aliphatic carbocycles. The van der Waals surface area contributed by atoms with Crippen LogP contribution < -0.4 is 5.73 Å². The Bertz CT molecular complexity index is 474. The molecule has 1 aliphatic heterocycles. The second kappa shape index (κ2) is 3.72. The molecule has 17 heavy (non-hydrogen) atoms. The van der Waals surface area contributed by atoms with Gasteiger partial charge >= 0.3 is 0 Å². The van der Waals surface area contributed by atoms with Crippen LogP contribution in [0.3, 0.4) is 0 Å². The molecule has 0 spiro atoms. The summed E-state index contributed by atoms with van der Waals surface area (Å²) in [7, 11) is 0. The number of nitrogens with two attached hydrogens (primary N) is 1. The van der Waals surface area contributed by atoms with Gasteiger partial charge in [-0.1, -0.05) is 0 Å². The summed E-state index contributed by atoms with van der Waals surface area (Å²) in [4.78, 5) is 14.1. The fourth-order valence-corrected chi connectivity index (χ4v) is 3.00. The van der Waals surface area contributed by atoms with E-state index in [9.17, 15) is 9.18 Å². The lowest BCUT2D eigenvalue weighted by Crippen LogP contribution is -2.37. The summed E-state index contributed by atoms with van der Waals surface area (Å²) in [5, 5.41) is 0. The van der Waals surface area contributed by atoms with Crippen LogP contribution >= 0.6 is 0 Å². The van der Waals surface area contributed by atoms with Crippen LogP contribution in [0.4, 0.5) is 10.1 Å². The molecule has 2 unspecified atom stereocenters. The highest BCUT2D eigenvalue weighted by Gasteiger charge is 2.40. The van der Waals surface area contributed by atoms with Gasteiger partial charge in [-0.2, -0.15) is 0 Å². The van der Waals surface area contributed by atoms with Crippen molar-refractivity contribution in [1.82, 2.24) is 4.90 Å². The number of anilines is 1. The van der Waals surface area contributed by atoms with Crippen molar-refractivity contribution in [3.63, 3.8) is 0 Å². The molecule has 2 atom stereocenters. The van der Waals surface area contributed by atoms with Crippen LogP contribution in [-0.4, -0.2) is 23.4 Å². The first kappa shape index (κ1) is 10.6. The molecule has 0 radical (unpaired) electrons. The van der Waals surface area contributed by atoms with Crippen LogP contribution in [0.1, 0.15) is 29.6 Å². The molecule has 1 saturated carbocycles. The SMILES string of the molecule is Nc1ccc(C(=O)N2CC3CCC2C3)cc1F. The predicted molar refractivity (Wildman–Crippen MR) is 63.0 cm³/mol. The molecule has 2 bridgehead atoms. The predicted octanol–water partition coefficient (Wildman–Crippen LogP) is 2.03. The van der Waals surface area contributed by atoms with Gasteiger partial charge in [-0.05, 0) is 43.4 Å². The average Bonchev–Trinajstić information content (AvgIpc) is 2.93. The van der Waals surface area contributed by atoms with Crippen molar-refractivity contribution in [3.05, 3.63) is 29.6 Å². The minimum atomic E-state index is -0.514. The number of hydrogen-bond acceptors (Lipinski definition) is 2. The summed E-state index contributed by atoms with van der Waals surface area (Å²) in [6, 6.07) is 4.67. The second-order valence-electron chi connectivity index (χ2n) is 5.03. The van der Waals surface area contributed by atoms with Crippen LogP contribution in [0.5, 0.6) is 0 Å². The van der Waals surface area contributed by atoms with Crippen LogP contribution in [-0.2, 0) is 0 Å². The topological polar surface area (TPSA) is 46.3 Å². The van der Waals surface area contributed by atoms with Crippen molar-refractivity contribution in [2.45, 2.75) is 25.3 Å². The molecule has 3 nitrogen and oxygen atoms in total. The number of benzene rings is 1. The minimum absolute atomic E-state index is 0.0592. The smallest absolute Gasteiger partial charge is 0.254 e. The molecular weight excluding hydrogens is 219 g/mol. The van der Waals surface area contributed by atoms with Crippen molar-refractivity contribution in [2.75, 3.05) is 12.3 Å². The third-order valence-electron chi connectivity index (χ3n) is 3.92. The first-order valence-corrected chi connectivity index (χ1v) is 6.01. The Morgan fingerprint density at radius 1 is 1.41 bits per heavy atom. The highest BCUT2D eigenvalue weighted by molar-refractivity contribution is 5.95. The van der Waals surface area contributed by atoms with Crippen LogP contribution in [0.25, 0.3) is 0 Å². The fourth-order valence-electron chi connectivity index (χ4n) is 3.00. The Labute approximate surface area is 99.4 Å². The number of hydrogen-bond donors (Lipinski definition) is 1. The number of rotatable bonds is 1. The van der Waals surface area contributed by atoms with E-state index in [2.05, 4.69) is 0 Å². The van der Waals surface area contributed by atoms with E-state index in [1.165, 1.54) is 18.6 Å². The second-order valence-corrected chi connectivity index (χ2v) is 5.03. The monoisotopic (exact) mass is 234 g/mol. The van der Waals surface area contributed by atoms with Gasteiger partial charge in [0.25, 0.3) is 5.91 Å². The van der Waals surface area contributed by atoms with E-state index < -0.39 is 5.82 Å². The van der Waals surface area contributed by atoms with Gasteiger partial charge < -0.3 is 10.6 Å². The van der Waals surface area contributed by atoms with Gasteiger partial charge in [0.2, 0.25) is 0 Å². The zero-order valence-electron chi connectivity index (χ0n) is 9.53. The first-order chi connectivity index (χ1) is 8.15. The lowest BCUT2D eigenvalue weighted by Gasteiger charge is -2.27.